The smallest absolute Gasteiger partial charge is 0.243 e. The van der Waals surface area contributed by atoms with Gasteiger partial charge in [-0.3, -0.25) is 9.59 Å². The van der Waals surface area contributed by atoms with Crippen LogP contribution in [0.25, 0.3) is 0 Å². The van der Waals surface area contributed by atoms with Crippen LogP contribution in [0.2, 0.25) is 0 Å². The van der Waals surface area contributed by atoms with Crippen molar-refractivity contribution in [2.45, 2.75) is 31.9 Å². The molecule has 0 bridgehead atoms. The van der Waals surface area contributed by atoms with Gasteiger partial charge >= 0.3 is 0 Å². The van der Waals surface area contributed by atoms with Crippen molar-refractivity contribution in [3.8, 4) is 5.75 Å². The maximum atomic E-state index is 12.0. The fourth-order valence-electron chi connectivity index (χ4n) is 2.91. The Morgan fingerprint density at radius 1 is 1.35 bits per heavy atom. The summed E-state index contributed by atoms with van der Waals surface area (Å²) in [6.07, 6.45) is 1.35. The lowest BCUT2D eigenvalue weighted by Gasteiger charge is -2.35. The molecule has 1 saturated heterocycles. The highest BCUT2D eigenvalue weighted by Crippen LogP contribution is 2.29. The number of nitrogens with one attached hydrogen (secondary N) is 1. The molecule has 2 aliphatic heterocycles. The second-order valence-corrected chi connectivity index (χ2v) is 5.24. The van der Waals surface area contributed by atoms with Gasteiger partial charge in [-0.25, -0.2) is 0 Å². The lowest BCUT2D eigenvalue weighted by Crippen LogP contribution is -2.59. The molecule has 0 radical (unpaired) electrons. The van der Waals surface area contributed by atoms with Gasteiger partial charge in [-0.1, -0.05) is 25.1 Å². The van der Waals surface area contributed by atoms with Crippen molar-refractivity contribution in [3.05, 3.63) is 29.8 Å². The lowest BCUT2D eigenvalue weighted by atomic mass is 10.1. The zero-order valence-corrected chi connectivity index (χ0v) is 11.5. The summed E-state index contributed by atoms with van der Waals surface area (Å²) in [7, 11) is 0. The number of benzene rings is 1. The summed E-state index contributed by atoms with van der Waals surface area (Å²) in [5, 5.41) is 2.63. The van der Waals surface area contributed by atoms with Crippen molar-refractivity contribution >= 4 is 11.8 Å². The molecule has 2 amide bonds. The number of nitrogens with zero attached hydrogens (tertiary/aromatic N) is 1. The Morgan fingerprint density at radius 3 is 2.90 bits per heavy atom. The first-order valence-electron chi connectivity index (χ1n) is 7.00. The van der Waals surface area contributed by atoms with E-state index < -0.39 is 0 Å². The third-order valence-electron chi connectivity index (χ3n) is 3.91. The van der Waals surface area contributed by atoms with E-state index in [1.807, 2.05) is 31.2 Å². The predicted octanol–water partition coefficient (Wildman–Crippen LogP) is 0.727. The van der Waals surface area contributed by atoms with Crippen LogP contribution in [0.1, 0.15) is 18.9 Å². The number of rotatable bonds is 3. The Balaban J connectivity index is 1.71. The summed E-state index contributed by atoms with van der Waals surface area (Å²) in [6.45, 7) is 2.48. The number of hydrogen-bond donors (Lipinski definition) is 1. The Labute approximate surface area is 117 Å². The molecule has 0 aliphatic carbocycles. The van der Waals surface area contributed by atoms with Crippen LogP contribution < -0.4 is 10.1 Å². The number of amides is 2. The summed E-state index contributed by atoms with van der Waals surface area (Å²) >= 11 is 0. The Bertz CT molecular complexity index is 519. The van der Waals surface area contributed by atoms with Gasteiger partial charge in [-0.2, -0.15) is 0 Å². The van der Waals surface area contributed by atoms with Crippen LogP contribution >= 0.6 is 0 Å². The summed E-state index contributed by atoms with van der Waals surface area (Å²) in [5.41, 5.74) is 1.17. The van der Waals surface area contributed by atoms with Gasteiger partial charge in [-0.05, 0) is 18.1 Å². The molecular formula is C15H18N2O3. The van der Waals surface area contributed by atoms with Crippen LogP contribution in [0.4, 0.5) is 0 Å². The molecule has 5 heteroatoms. The van der Waals surface area contributed by atoms with E-state index in [1.54, 1.807) is 4.90 Å². The van der Waals surface area contributed by atoms with Crippen molar-refractivity contribution in [2.75, 3.05) is 13.1 Å². The van der Waals surface area contributed by atoms with Gasteiger partial charge in [0, 0.05) is 6.42 Å². The number of carbonyl (C=O) groups excluding carboxylic acids is 2. The standard InChI is InChI=1S/C15H18N2O3/c1-2-12-15(19)16-8-14(18)17(12)9-11-7-10-5-3-4-6-13(10)20-11/h3-6,11-12H,2,7-9H2,1H3,(H,16,19). The van der Waals surface area contributed by atoms with Crippen LogP contribution in [-0.4, -0.2) is 41.9 Å². The fourth-order valence-corrected chi connectivity index (χ4v) is 2.91. The topological polar surface area (TPSA) is 58.6 Å². The minimum absolute atomic E-state index is 0.0315. The molecule has 1 N–H and O–H groups in total. The molecule has 20 heavy (non-hydrogen) atoms. The molecule has 1 fully saturated rings. The highest BCUT2D eigenvalue weighted by atomic mass is 16.5. The quantitative estimate of drug-likeness (QED) is 0.884. The molecule has 5 nitrogen and oxygen atoms in total. The molecule has 2 atom stereocenters. The van der Waals surface area contributed by atoms with Gasteiger partial charge in [0.1, 0.15) is 17.9 Å². The molecule has 106 valence electrons. The third kappa shape index (κ3) is 2.24. The van der Waals surface area contributed by atoms with E-state index in [4.69, 9.17) is 4.74 Å². The van der Waals surface area contributed by atoms with Crippen LogP contribution in [0.15, 0.2) is 24.3 Å². The minimum Gasteiger partial charge on any atom is -0.488 e. The van der Waals surface area contributed by atoms with Gasteiger partial charge in [0.25, 0.3) is 0 Å². The summed E-state index contributed by atoms with van der Waals surface area (Å²) in [5.74, 6) is 0.790. The SMILES string of the molecule is CCC1C(=O)NCC(=O)N1CC1Cc2ccccc2O1. The number of fused-ring (bicyclic) bond motifs is 1. The molecular weight excluding hydrogens is 256 g/mol. The van der Waals surface area contributed by atoms with Crippen LogP contribution in [0, 0.1) is 0 Å². The fraction of sp³-hybridized carbons (Fsp3) is 0.467. The van der Waals surface area contributed by atoms with E-state index in [2.05, 4.69) is 5.32 Å². The Kier molecular flexibility index (Phi) is 3.34. The first-order valence-corrected chi connectivity index (χ1v) is 7.00. The molecule has 0 saturated carbocycles. The second-order valence-electron chi connectivity index (χ2n) is 5.24. The number of hydrogen-bond acceptors (Lipinski definition) is 3. The molecule has 2 unspecified atom stereocenters. The monoisotopic (exact) mass is 274 g/mol. The first kappa shape index (κ1) is 13.0. The van der Waals surface area contributed by atoms with Crippen molar-refractivity contribution in [1.29, 1.82) is 0 Å². The highest BCUT2D eigenvalue weighted by Gasteiger charge is 2.36. The normalized spacial score (nSPS) is 25.1. The predicted molar refractivity (Wildman–Crippen MR) is 73.4 cm³/mol. The van der Waals surface area contributed by atoms with E-state index in [1.165, 1.54) is 5.56 Å². The van der Waals surface area contributed by atoms with Crippen molar-refractivity contribution in [1.82, 2.24) is 10.2 Å². The van der Waals surface area contributed by atoms with Crippen molar-refractivity contribution in [3.63, 3.8) is 0 Å². The zero-order chi connectivity index (χ0) is 14.1. The molecule has 0 aromatic heterocycles. The van der Waals surface area contributed by atoms with Gasteiger partial charge in [0.05, 0.1) is 13.1 Å². The molecule has 3 rings (SSSR count). The molecule has 0 spiro atoms. The third-order valence-corrected chi connectivity index (χ3v) is 3.91. The van der Waals surface area contributed by atoms with E-state index in [0.717, 1.165) is 12.2 Å². The number of carbonyl (C=O) groups is 2. The maximum absolute atomic E-state index is 12.0. The highest BCUT2D eigenvalue weighted by molar-refractivity contribution is 5.94. The Morgan fingerprint density at radius 2 is 2.15 bits per heavy atom. The van der Waals surface area contributed by atoms with E-state index in [-0.39, 0.29) is 30.5 Å². The second kappa shape index (κ2) is 5.15. The van der Waals surface area contributed by atoms with Gasteiger partial charge in [0.15, 0.2) is 0 Å². The molecule has 1 aromatic rings. The molecule has 2 heterocycles. The number of para-hydroxylation sites is 1. The van der Waals surface area contributed by atoms with E-state index in [0.29, 0.717) is 13.0 Å². The van der Waals surface area contributed by atoms with Gasteiger partial charge in [-0.15, -0.1) is 0 Å². The average molecular weight is 274 g/mol. The minimum atomic E-state index is -0.372. The summed E-state index contributed by atoms with van der Waals surface area (Å²) in [4.78, 5) is 25.5. The zero-order valence-electron chi connectivity index (χ0n) is 11.5. The lowest BCUT2D eigenvalue weighted by molar-refractivity contribution is -0.146. The average Bonchev–Trinajstić information content (AvgIpc) is 2.85. The van der Waals surface area contributed by atoms with Crippen LogP contribution in [0.5, 0.6) is 5.75 Å². The summed E-state index contributed by atoms with van der Waals surface area (Å²) < 4.78 is 5.86. The van der Waals surface area contributed by atoms with Crippen molar-refractivity contribution in [2.24, 2.45) is 0 Å². The van der Waals surface area contributed by atoms with Gasteiger partial charge < -0.3 is 15.0 Å². The molecule has 2 aliphatic rings. The number of piperazine rings is 1. The largest absolute Gasteiger partial charge is 0.488 e. The van der Waals surface area contributed by atoms with Gasteiger partial charge in [0.2, 0.25) is 11.8 Å². The van der Waals surface area contributed by atoms with Crippen molar-refractivity contribution < 1.29 is 14.3 Å². The van der Waals surface area contributed by atoms with E-state index >= 15 is 0 Å². The van der Waals surface area contributed by atoms with Crippen LogP contribution in [-0.2, 0) is 16.0 Å². The van der Waals surface area contributed by atoms with Crippen LogP contribution in [0.3, 0.4) is 0 Å². The first-order chi connectivity index (χ1) is 9.69. The number of ether oxygens (including phenoxy) is 1. The summed E-state index contributed by atoms with van der Waals surface area (Å²) in [6, 6.07) is 7.53. The molecule has 1 aromatic carbocycles. The maximum Gasteiger partial charge on any atom is 0.243 e. The van der Waals surface area contributed by atoms with E-state index in [9.17, 15) is 9.59 Å². The Hall–Kier alpha value is -2.04.